The van der Waals surface area contributed by atoms with Crippen LogP contribution in [0.5, 0.6) is 0 Å². The number of nitrogens with two attached hydrogens (primary N) is 1. The number of pyridine rings is 1. The van der Waals surface area contributed by atoms with Gasteiger partial charge in [-0.3, -0.25) is 9.88 Å². The lowest BCUT2D eigenvalue weighted by atomic mass is 10.2. The van der Waals surface area contributed by atoms with Crippen molar-refractivity contribution in [2.45, 2.75) is 13.0 Å². The SMILES string of the molecule is NCCN(Cc1ccc2ccccc2n1)CC(F)F. The summed E-state index contributed by atoms with van der Waals surface area (Å²) in [5.74, 6) is 0. The maximum Gasteiger partial charge on any atom is 0.251 e. The predicted molar refractivity (Wildman–Crippen MR) is 72.1 cm³/mol. The summed E-state index contributed by atoms with van der Waals surface area (Å²) in [7, 11) is 0. The molecule has 0 atom stereocenters. The van der Waals surface area contributed by atoms with Crippen molar-refractivity contribution in [3.05, 3.63) is 42.1 Å². The molecule has 0 unspecified atom stereocenters. The third-order valence-electron chi connectivity index (χ3n) is 2.88. The standard InChI is InChI=1S/C14H17F2N3/c15-14(16)10-19(8-7-17)9-12-6-5-11-3-1-2-4-13(11)18-12/h1-6,14H,7-10,17H2. The number of para-hydroxylation sites is 1. The van der Waals surface area contributed by atoms with Crippen LogP contribution in [-0.4, -0.2) is 35.9 Å². The van der Waals surface area contributed by atoms with Crippen molar-refractivity contribution in [1.82, 2.24) is 9.88 Å². The Morgan fingerprint density at radius 2 is 1.95 bits per heavy atom. The molecular formula is C14H17F2N3. The lowest BCUT2D eigenvalue weighted by Crippen LogP contribution is -2.33. The van der Waals surface area contributed by atoms with E-state index < -0.39 is 6.43 Å². The zero-order valence-electron chi connectivity index (χ0n) is 10.6. The summed E-state index contributed by atoms with van der Waals surface area (Å²) in [5.41, 5.74) is 7.11. The van der Waals surface area contributed by atoms with Crippen LogP contribution in [0.25, 0.3) is 10.9 Å². The molecule has 0 aliphatic carbocycles. The summed E-state index contributed by atoms with van der Waals surface area (Å²) in [4.78, 5) is 6.10. The summed E-state index contributed by atoms with van der Waals surface area (Å²) < 4.78 is 24.9. The second-order valence-electron chi connectivity index (χ2n) is 4.41. The van der Waals surface area contributed by atoms with Crippen molar-refractivity contribution in [2.24, 2.45) is 5.73 Å². The van der Waals surface area contributed by atoms with Crippen molar-refractivity contribution < 1.29 is 8.78 Å². The van der Waals surface area contributed by atoms with E-state index in [9.17, 15) is 8.78 Å². The maximum atomic E-state index is 12.5. The van der Waals surface area contributed by atoms with E-state index in [4.69, 9.17) is 5.73 Å². The monoisotopic (exact) mass is 265 g/mol. The first kappa shape index (κ1) is 13.8. The second kappa shape index (κ2) is 6.54. The predicted octanol–water partition coefficient (Wildman–Crippen LogP) is 2.26. The van der Waals surface area contributed by atoms with Gasteiger partial charge in [-0.2, -0.15) is 0 Å². The average molecular weight is 265 g/mol. The van der Waals surface area contributed by atoms with E-state index >= 15 is 0 Å². The van der Waals surface area contributed by atoms with Crippen LogP contribution in [0.2, 0.25) is 0 Å². The van der Waals surface area contributed by atoms with E-state index in [-0.39, 0.29) is 6.54 Å². The molecule has 0 saturated heterocycles. The van der Waals surface area contributed by atoms with Gasteiger partial charge in [-0.15, -0.1) is 0 Å². The van der Waals surface area contributed by atoms with Gasteiger partial charge in [0.15, 0.2) is 0 Å². The third-order valence-corrected chi connectivity index (χ3v) is 2.88. The van der Waals surface area contributed by atoms with Crippen molar-refractivity contribution in [3.63, 3.8) is 0 Å². The van der Waals surface area contributed by atoms with Gasteiger partial charge in [-0.1, -0.05) is 24.3 Å². The number of nitrogens with zero attached hydrogens (tertiary/aromatic N) is 2. The molecule has 0 bridgehead atoms. The highest BCUT2D eigenvalue weighted by atomic mass is 19.3. The molecule has 0 saturated carbocycles. The quantitative estimate of drug-likeness (QED) is 0.871. The minimum Gasteiger partial charge on any atom is -0.329 e. The molecule has 1 aromatic carbocycles. The summed E-state index contributed by atoms with van der Waals surface area (Å²) >= 11 is 0. The fourth-order valence-corrected chi connectivity index (χ4v) is 2.04. The van der Waals surface area contributed by atoms with Crippen LogP contribution in [0.1, 0.15) is 5.69 Å². The highest BCUT2D eigenvalue weighted by molar-refractivity contribution is 5.78. The molecule has 0 spiro atoms. The first-order chi connectivity index (χ1) is 9.19. The highest BCUT2D eigenvalue weighted by Crippen LogP contribution is 2.13. The number of halogens is 2. The fraction of sp³-hybridized carbons (Fsp3) is 0.357. The van der Waals surface area contributed by atoms with Crippen LogP contribution in [0.4, 0.5) is 8.78 Å². The van der Waals surface area contributed by atoms with Gasteiger partial charge in [-0.05, 0) is 12.1 Å². The summed E-state index contributed by atoms with van der Waals surface area (Å²) in [6, 6.07) is 11.6. The Bertz CT molecular complexity index is 531. The molecule has 0 aliphatic heterocycles. The minimum atomic E-state index is -2.35. The number of alkyl halides is 2. The normalized spacial score (nSPS) is 11.6. The number of hydrogen-bond donors (Lipinski definition) is 1. The smallest absolute Gasteiger partial charge is 0.251 e. The molecule has 102 valence electrons. The Labute approximate surface area is 111 Å². The van der Waals surface area contributed by atoms with Crippen molar-refractivity contribution in [1.29, 1.82) is 0 Å². The van der Waals surface area contributed by atoms with E-state index in [1.807, 2.05) is 36.4 Å². The molecule has 2 rings (SSSR count). The van der Waals surface area contributed by atoms with E-state index in [2.05, 4.69) is 4.98 Å². The molecule has 1 heterocycles. The number of aromatic nitrogens is 1. The molecule has 0 aliphatic rings. The van der Waals surface area contributed by atoms with Crippen LogP contribution in [0.3, 0.4) is 0 Å². The topological polar surface area (TPSA) is 42.1 Å². The van der Waals surface area contributed by atoms with Gasteiger partial charge in [0, 0.05) is 25.0 Å². The largest absolute Gasteiger partial charge is 0.329 e. The number of fused-ring (bicyclic) bond motifs is 1. The molecule has 0 fully saturated rings. The van der Waals surface area contributed by atoms with Gasteiger partial charge in [0.05, 0.1) is 17.8 Å². The van der Waals surface area contributed by atoms with Gasteiger partial charge in [-0.25, -0.2) is 8.78 Å². The Morgan fingerprint density at radius 1 is 1.16 bits per heavy atom. The number of benzene rings is 1. The molecule has 2 aromatic rings. The minimum absolute atomic E-state index is 0.272. The zero-order chi connectivity index (χ0) is 13.7. The Balaban J connectivity index is 2.13. The Hall–Kier alpha value is -1.59. The van der Waals surface area contributed by atoms with Gasteiger partial charge in [0.2, 0.25) is 0 Å². The highest BCUT2D eigenvalue weighted by Gasteiger charge is 2.12. The zero-order valence-corrected chi connectivity index (χ0v) is 10.6. The lowest BCUT2D eigenvalue weighted by Gasteiger charge is -2.20. The molecule has 19 heavy (non-hydrogen) atoms. The number of rotatable bonds is 6. The molecule has 5 heteroatoms. The fourth-order valence-electron chi connectivity index (χ4n) is 2.04. The van der Waals surface area contributed by atoms with Gasteiger partial charge in [0.25, 0.3) is 6.43 Å². The first-order valence-corrected chi connectivity index (χ1v) is 6.24. The number of hydrogen-bond acceptors (Lipinski definition) is 3. The summed E-state index contributed by atoms with van der Waals surface area (Å²) in [5, 5.41) is 1.05. The van der Waals surface area contributed by atoms with Gasteiger partial charge in [0.1, 0.15) is 0 Å². The Kier molecular flexibility index (Phi) is 4.76. The van der Waals surface area contributed by atoms with Crippen LogP contribution < -0.4 is 5.73 Å². The van der Waals surface area contributed by atoms with Crippen molar-refractivity contribution in [3.8, 4) is 0 Å². The van der Waals surface area contributed by atoms with Gasteiger partial charge < -0.3 is 5.73 Å². The Morgan fingerprint density at radius 3 is 2.68 bits per heavy atom. The molecular weight excluding hydrogens is 248 g/mol. The van der Waals surface area contributed by atoms with E-state index in [0.717, 1.165) is 16.6 Å². The van der Waals surface area contributed by atoms with E-state index in [1.54, 1.807) is 4.90 Å². The molecule has 2 N–H and O–H groups in total. The van der Waals surface area contributed by atoms with Crippen LogP contribution in [0.15, 0.2) is 36.4 Å². The van der Waals surface area contributed by atoms with E-state index in [0.29, 0.717) is 19.6 Å². The van der Waals surface area contributed by atoms with Gasteiger partial charge >= 0.3 is 0 Å². The maximum absolute atomic E-state index is 12.5. The van der Waals surface area contributed by atoms with Crippen LogP contribution in [-0.2, 0) is 6.54 Å². The van der Waals surface area contributed by atoms with Crippen LogP contribution in [0, 0.1) is 0 Å². The lowest BCUT2D eigenvalue weighted by molar-refractivity contribution is 0.0857. The first-order valence-electron chi connectivity index (χ1n) is 6.24. The molecule has 0 radical (unpaired) electrons. The average Bonchev–Trinajstić information content (AvgIpc) is 2.38. The molecule has 3 nitrogen and oxygen atoms in total. The summed E-state index contributed by atoms with van der Waals surface area (Å²) in [6.45, 7) is 0.928. The third kappa shape index (κ3) is 3.94. The van der Waals surface area contributed by atoms with Crippen LogP contribution >= 0.6 is 0 Å². The van der Waals surface area contributed by atoms with Crippen molar-refractivity contribution >= 4 is 10.9 Å². The van der Waals surface area contributed by atoms with Crippen molar-refractivity contribution in [2.75, 3.05) is 19.6 Å². The molecule has 1 aromatic heterocycles. The van der Waals surface area contributed by atoms with E-state index in [1.165, 1.54) is 0 Å². The second-order valence-corrected chi connectivity index (χ2v) is 4.41. The summed E-state index contributed by atoms with van der Waals surface area (Å²) in [6.07, 6.45) is -2.35. The molecule has 0 amide bonds.